The SMILES string of the molecule is CC1=CCCC2(C)OC2C2OC(=O)C(C)C2CC1. The van der Waals surface area contributed by atoms with Crippen LogP contribution in [0.3, 0.4) is 0 Å². The highest BCUT2D eigenvalue weighted by Gasteiger charge is 2.61. The van der Waals surface area contributed by atoms with Gasteiger partial charge >= 0.3 is 5.97 Å². The minimum absolute atomic E-state index is 0.0107. The second-order valence-corrected chi connectivity index (χ2v) is 6.33. The van der Waals surface area contributed by atoms with Crippen molar-refractivity contribution < 1.29 is 14.3 Å². The largest absolute Gasteiger partial charge is 0.459 e. The summed E-state index contributed by atoms with van der Waals surface area (Å²) < 4.78 is 11.5. The van der Waals surface area contributed by atoms with E-state index in [2.05, 4.69) is 19.9 Å². The predicted molar refractivity (Wildman–Crippen MR) is 68.0 cm³/mol. The van der Waals surface area contributed by atoms with Gasteiger partial charge in [-0.05, 0) is 39.5 Å². The Morgan fingerprint density at radius 2 is 2.22 bits per heavy atom. The number of esters is 1. The van der Waals surface area contributed by atoms with Crippen molar-refractivity contribution in [1.29, 1.82) is 0 Å². The van der Waals surface area contributed by atoms with Gasteiger partial charge in [0.25, 0.3) is 0 Å². The van der Waals surface area contributed by atoms with E-state index in [4.69, 9.17) is 9.47 Å². The third kappa shape index (κ3) is 1.89. The van der Waals surface area contributed by atoms with Crippen LogP contribution in [0, 0.1) is 11.8 Å². The van der Waals surface area contributed by atoms with E-state index in [9.17, 15) is 4.79 Å². The molecular weight excluding hydrogens is 228 g/mol. The van der Waals surface area contributed by atoms with Crippen molar-refractivity contribution in [2.24, 2.45) is 11.8 Å². The van der Waals surface area contributed by atoms with E-state index in [0.717, 1.165) is 25.7 Å². The van der Waals surface area contributed by atoms with E-state index in [-0.39, 0.29) is 29.7 Å². The Bertz CT molecular complexity index is 401. The first-order valence-corrected chi connectivity index (χ1v) is 7.05. The van der Waals surface area contributed by atoms with Gasteiger partial charge in [-0.3, -0.25) is 4.79 Å². The molecule has 0 N–H and O–H groups in total. The Morgan fingerprint density at radius 1 is 1.44 bits per heavy atom. The van der Waals surface area contributed by atoms with E-state index in [1.54, 1.807) is 0 Å². The van der Waals surface area contributed by atoms with E-state index in [1.807, 2.05) is 6.92 Å². The van der Waals surface area contributed by atoms with Crippen molar-refractivity contribution in [2.75, 3.05) is 0 Å². The Kier molecular flexibility index (Phi) is 2.77. The highest BCUT2D eigenvalue weighted by molar-refractivity contribution is 5.75. The van der Waals surface area contributed by atoms with Crippen LogP contribution in [0.4, 0.5) is 0 Å². The second kappa shape index (κ2) is 4.09. The summed E-state index contributed by atoms with van der Waals surface area (Å²) in [6.45, 7) is 6.33. The van der Waals surface area contributed by atoms with Gasteiger partial charge in [-0.25, -0.2) is 0 Å². The van der Waals surface area contributed by atoms with Crippen LogP contribution in [0.15, 0.2) is 11.6 Å². The molecule has 100 valence electrons. The van der Waals surface area contributed by atoms with Gasteiger partial charge in [0.15, 0.2) is 0 Å². The number of hydrogen-bond donors (Lipinski definition) is 0. The maximum Gasteiger partial charge on any atom is 0.309 e. The van der Waals surface area contributed by atoms with Gasteiger partial charge in [0.05, 0.1) is 11.5 Å². The molecule has 5 unspecified atom stereocenters. The zero-order chi connectivity index (χ0) is 12.9. The van der Waals surface area contributed by atoms with Crippen molar-refractivity contribution in [3.05, 3.63) is 11.6 Å². The summed E-state index contributed by atoms with van der Waals surface area (Å²) in [6, 6.07) is 0. The number of hydrogen-bond acceptors (Lipinski definition) is 3. The minimum atomic E-state index is -0.0681. The summed E-state index contributed by atoms with van der Waals surface area (Å²) in [7, 11) is 0. The number of rotatable bonds is 0. The number of epoxide rings is 1. The molecule has 3 aliphatic rings. The summed E-state index contributed by atoms with van der Waals surface area (Å²) in [6.07, 6.45) is 6.66. The third-order valence-corrected chi connectivity index (χ3v) is 4.93. The Balaban J connectivity index is 1.85. The summed E-state index contributed by atoms with van der Waals surface area (Å²) in [5.74, 6) is 0.310. The minimum Gasteiger partial charge on any atom is -0.459 e. The maximum atomic E-state index is 11.8. The molecule has 2 saturated heterocycles. The van der Waals surface area contributed by atoms with Crippen molar-refractivity contribution >= 4 is 5.97 Å². The Hall–Kier alpha value is -0.830. The van der Waals surface area contributed by atoms with E-state index in [1.165, 1.54) is 5.57 Å². The van der Waals surface area contributed by atoms with E-state index in [0.29, 0.717) is 5.92 Å². The fourth-order valence-electron chi connectivity index (χ4n) is 3.46. The molecule has 0 amide bonds. The highest BCUT2D eigenvalue weighted by Crippen LogP contribution is 2.50. The van der Waals surface area contributed by atoms with Crippen LogP contribution in [0.1, 0.15) is 46.5 Å². The average Bonchev–Trinajstić information content (AvgIpc) is 2.90. The van der Waals surface area contributed by atoms with Gasteiger partial charge in [0.1, 0.15) is 12.2 Å². The first-order chi connectivity index (χ1) is 8.51. The standard InChI is InChI=1S/C15H22O3/c1-9-5-4-8-15(3)13(18-15)12-11(7-6-9)10(2)14(16)17-12/h5,10-13H,4,6-8H2,1-3H3. The van der Waals surface area contributed by atoms with Crippen molar-refractivity contribution in [3.63, 3.8) is 0 Å². The zero-order valence-corrected chi connectivity index (χ0v) is 11.4. The quantitative estimate of drug-likeness (QED) is 0.377. The van der Waals surface area contributed by atoms with Gasteiger partial charge in [-0.1, -0.05) is 18.6 Å². The number of ether oxygens (including phenoxy) is 2. The number of carbonyl (C=O) groups is 1. The molecule has 0 aromatic heterocycles. The number of carbonyl (C=O) groups excluding carboxylic acids is 1. The molecule has 2 heterocycles. The molecule has 0 aromatic rings. The first kappa shape index (κ1) is 12.2. The lowest BCUT2D eigenvalue weighted by Crippen LogP contribution is -2.29. The maximum absolute atomic E-state index is 11.8. The van der Waals surface area contributed by atoms with Crippen molar-refractivity contribution in [1.82, 2.24) is 0 Å². The second-order valence-electron chi connectivity index (χ2n) is 6.33. The molecule has 0 aromatic carbocycles. The molecule has 3 rings (SSSR count). The van der Waals surface area contributed by atoms with Gasteiger partial charge in [-0.2, -0.15) is 0 Å². The normalized spacial score (nSPS) is 47.7. The third-order valence-electron chi connectivity index (χ3n) is 4.93. The summed E-state index contributed by atoms with van der Waals surface area (Å²) in [5.41, 5.74) is 1.37. The predicted octanol–water partition coefficient (Wildman–Crippen LogP) is 2.84. The van der Waals surface area contributed by atoms with Crippen molar-refractivity contribution in [2.45, 2.75) is 64.3 Å². The van der Waals surface area contributed by atoms with Gasteiger partial charge in [-0.15, -0.1) is 0 Å². The molecule has 0 saturated carbocycles. The Morgan fingerprint density at radius 3 is 3.00 bits per heavy atom. The lowest BCUT2D eigenvalue weighted by atomic mass is 9.81. The monoisotopic (exact) mass is 250 g/mol. The Labute approximate surface area is 109 Å². The topological polar surface area (TPSA) is 38.8 Å². The first-order valence-electron chi connectivity index (χ1n) is 7.05. The molecule has 0 radical (unpaired) electrons. The lowest BCUT2D eigenvalue weighted by Gasteiger charge is -2.20. The molecule has 2 aliphatic heterocycles. The van der Waals surface area contributed by atoms with Crippen LogP contribution in [0.2, 0.25) is 0 Å². The van der Waals surface area contributed by atoms with Gasteiger partial charge in [0.2, 0.25) is 0 Å². The van der Waals surface area contributed by atoms with Crippen LogP contribution in [0.5, 0.6) is 0 Å². The molecule has 3 heteroatoms. The van der Waals surface area contributed by atoms with Gasteiger partial charge < -0.3 is 9.47 Å². The smallest absolute Gasteiger partial charge is 0.309 e. The molecule has 0 spiro atoms. The van der Waals surface area contributed by atoms with Crippen LogP contribution >= 0.6 is 0 Å². The number of allylic oxidation sites excluding steroid dienone is 2. The summed E-state index contributed by atoms with van der Waals surface area (Å²) in [5, 5.41) is 0. The number of fused-ring (bicyclic) bond motifs is 3. The summed E-state index contributed by atoms with van der Waals surface area (Å²) in [4.78, 5) is 11.8. The van der Waals surface area contributed by atoms with Crippen molar-refractivity contribution in [3.8, 4) is 0 Å². The lowest BCUT2D eigenvalue weighted by molar-refractivity contribution is -0.144. The van der Waals surface area contributed by atoms with Gasteiger partial charge in [0, 0.05) is 5.92 Å². The van der Waals surface area contributed by atoms with Crippen LogP contribution in [0.25, 0.3) is 0 Å². The molecule has 0 bridgehead atoms. The highest BCUT2D eigenvalue weighted by atomic mass is 16.6. The fourth-order valence-corrected chi connectivity index (χ4v) is 3.46. The van der Waals surface area contributed by atoms with Crippen LogP contribution in [-0.4, -0.2) is 23.8 Å². The fraction of sp³-hybridized carbons (Fsp3) is 0.800. The van der Waals surface area contributed by atoms with Crippen LogP contribution in [-0.2, 0) is 14.3 Å². The molecule has 3 nitrogen and oxygen atoms in total. The molecule has 18 heavy (non-hydrogen) atoms. The molecule has 5 atom stereocenters. The summed E-state index contributed by atoms with van der Waals surface area (Å²) >= 11 is 0. The van der Waals surface area contributed by atoms with E-state index >= 15 is 0 Å². The molecule has 2 fully saturated rings. The van der Waals surface area contributed by atoms with Crippen LogP contribution < -0.4 is 0 Å². The molecule has 1 aliphatic carbocycles. The zero-order valence-electron chi connectivity index (χ0n) is 11.4. The molecular formula is C15H22O3. The van der Waals surface area contributed by atoms with E-state index < -0.39 is 0 Å². The average molecular weight is 250 g/mol.